The van der Waals surface area contributed by atoms with Gasteiger partial charge in [-0.25, -0.2) is 4.98 Å². The van der Waals surface area contributed by atoms with Gasteiger partial charge in [0.2, 0.25) is 5.91 Å². The molecule has 8 nitrogen and oxygen atoms in total. The van der Waals surface area contributed by atoms with E-state index in [1.54, 1.807) is 10.6 Å². The molecule has 0 spiro atoms. The van der Waals surface area contributed by atoms with Crippen LogP contribution in [-0.4, -0.2) is 50.5 Å². The molecule has 4 rings (SSSR count). The topological polar surface area (TPSA) is 90.5 Å². The lowest BCUT2D eigenvalue weighted by molar-refractivity contribution is -0.384. The lowest BCUT2D eigenvalue weighted by atomic mass is 10.1. The highest BCUT2D eigenvalue weighted by molar-refractivity contribution is 7.99. The molecule has 2 aromatic carbocycles. The van der Waals surface area contributed by atoms with Crippen LogP contribution in [0.2, 0.25) is 0 Å². The average Bonchev–Trinajstić information content (AvgIpc) is 3.26. The van der Waals surface area contributed by atoms with E-state index in [9.17, 15) is 28.1 Å². The van der Waals surface area contributed by atoms with Crippen LogP contribution in [-0.2, 0) is 4.79 Å². The number of carbonyl (C=O) groups is 1. The van der Waals surface area contributed by atoms with Gasteiger partial charge in [-0.05, 0) is 43.5 Å². The lowest BCUT2D eigenvalue weighted by Crippen LogP contribution is -2.36. The number of aromatic nitrogens is 2. The van der Waals surface area contributed by atoms with Gasteiger partial charge in [-0.1, -0.05) is 23.9 Å². The third-order valence-electron chi connectivity index (χ3n) is 5.44. The molecular formula is C23H21F3N4O4S. The molecule has 0 saturated carbocycles. The number of hydrogen-bond donors (Lipinski definition) is 0. The monoisotopic (exact) mass is 506 g/mol. The molecule has 0 aliphatic carbocycles. The second kappa shape index (κ2) is 10.4. The number of imidazole rings is 1. The number of nitro benzene ring substituents is 1. The lowest BCUT2D eigenvalue weighted by Gasteiger charge is -2.26. The van der Waals surface area contributed by atoms with E-state index in [0.717, 1.165) is 19.3 Å². The van der Waals surface area contributed by atoms with Crippen LogP contribution < -0.4 is 4.74 Å². The van der Waals surface area contributed by atoms with Crippen molar-refractivity contribution in [2.75, 3.05) is 18.8 Å². The number of carbonyl (C=O) groups excluding carboxylic acids is 1. The fourth-order valence-electron chi connectivity index (χ4n) is 3.83. The van der Waals surface area contributed by atoms with Crippen molar-refractivity contribution >= 4 is 23.4 Å². The van der Waals surface area contributed by atoms with Gasteiger partial charge in [0, 0.05) is 36.5 Å². The number of ether oxygens (including phenoxy) is 1. The summed E-state index contributed by atoms with van der Waals surface area (Å²) >= 11 is 1.20. The van der Waals surface area contributed by atoms with Crippen molar-refractivity contribution in [2.24, 2.45) is 0 Å². The smallest absolute Gasteiger partial charge is 0.406 e. The second-order valence-corrected chi connectivity index (χ2v) is 8.78. The first-order valence-electron chi connectivity index (χ1n) is 10.8. The van der Waals surface area contributed by atoms with Crippen molar-refractivity contribution in [1.29, 1.82) is 0 Å². The van der Waals surface area contributed by atoms with Crippen LogP contribution in [0.5, 0.6) is 5.75 Å². The second-order valence-electron chi connectivity index (χ2n) is 7.84. The molecule has 0 unspecified atom stereocenters. The Morgan fingerprint density at radius 2 is 1.83 bits per heavy atom. The molecule has 35 heavy (non-hydrogen) atoms. The van der Waals surface area contributed by atoms with Crippen LogP contribution in [0.3, 0.4) is 0 Å². The van der Waals surface area contributed by atoms with Gasteiger partial charge in [-0.15, -0.1) is 13.2 Å². The molecule has 2 heterocycles. The maximum atomic E-state index is 12.7. The molecule has 1 fully saturated rings. The van der Waals surface area contributed by atoms with E-state index in [1.165, 1.54) is 60.4 Å². The summed E-state index contributed by atoms with van der Waals surface area (Å²) in [6, 6.07) is 11.2. The molecular weight excluding hydrogens is 485 g/mol. The van der Waals surface area contributed by atoms with E-state index in [2.05, 4.69) is 9.72 Å². The summed E-state index contributed by atoms with van der Waals surface area (Å²) in [5, 5.41) is 11.7. The van der Waals surface area contributed by atoms with Crippen molar-refractivity contribution in [2.45, 2.75) is 30.8 Å². The van der Waals surface area contributed by atoms with Gasteiger partial charge in [-0.3, -0.25) is 19.5 Å². The Hall–Kier alpha value is -3.54. The zero-order valence-corrected chi connectivity index (χ0v) is 19.2. The van der Waals surface area contributed by atoms with E-state index in [4.69, 9.17) is 0 Å². The molecule has 0 radical (unpaired) electrons. The largest absolute Gasteiger partial charge is 0.573 e. The minimum Gasteiger partial charge on any atom is -0.406 e. The summed E-state index contributed by atoms with van der Waals surface area (Å²) in [4.78, 5) is 29.6. The fraction of sp³-hybridized carbons (Fsp3) is 0.304. The maximum Gasteiger partial charge on any atom is 0.573 e. The normalized spacial score (nSPS) is 14.1. The van der Waals surface area contributed by atoms with E-state index < -0.39 is 11.3 Å². The third-order valence-corrected chi connectivity index (χ3v) is 6.38. The predicted octanol–water partition coefficient (Wildman–Crippen LogP) is 5.45. The molecule has 1 aromatic heterocycles. The van der Waals surface area contributed by atoms with Gasteiger partial charge in [0.05, 0.1) is 22.6 Å². The zero-order valence-electron chi connectivity index (χ0n) is 18.4. The van der Waals surface area contributed by atoms with E-state index in [1.807, 2.05) is 4.90 Å². The number of rotatable bonds is 7. The number of non-ortho nitro benzene ring substituents is 1. The number of nitro groups is 1. The minimum absolute atomic E-state index is 0.0184. The summed E-state index contributed by atoms with van der Waals surface area (Å²) < 4.78 is 43.3. The zero-order chi connectivity index (χ0) is 25.0. The Balaban J connectivity index is 1.67. The first-order chi connectivity index (χ1) is 16.7. The molecule has 184 valence electrons. The molecule has 3 aromatic rings. The number of halogens is 3. The van der Waals surface area contributed by atoms with Crippen LogP contribution in [0.15, 0.2) is 59.9 Å². The van der Waals surface area contributed by atoms with Crippen LogP contribution in [0.1, 0.15) is 19.3 Å². The number of alkyl halides is 3. The molecule has 1 amide bonds. The van der Waals surface area contributed by atoms with Gasteiger partial charge in [0.25, 0.3) is 5.69 Å². The van der Waals surface area contributed by atoms with Crippen molar-refractivity contribution in [1.82, 2.24) is 14.5 Å². The summed E-state index contributed by atoms with van der Waals surface area (Å²) in [7, 11) is 0. The quantitative estimate of drug-likeness (QED) is 0.240. The number of piperidine rings is 1. The van der Waals surface area contributed by atoms with Crippen LogP contribution in [0.25, 0.3) is 16.9 Å². The Labute approximate surface area is 202 Å². The third kappa shape index (κ3) is 6.13. The van der Waals surface area contributed by atoms with Crippen molar-refractivity contribution < 1.29 is 27.6 Å². The molecule has 1 saturated heterocycles. The van der Waals surface area contributed by atoms with Crippen LogP contribution >= 0.6 is 11.8 Å². The van der Waals surface area contributed by atoms with Crippen molar-refractivity contribution in [3.8, 4) is 22.7 Å². The van der Waals surface area contributed by atoms with E-state index in [-0.39, 0.29) is 23.1 Å². The summed E-state index contributed by atoms with van der Waals surface area (Å²) in [5.74, 6) is -0.261. The minimum atomic E-state index is -4.82. The van der Waals surface area contributed by atoms with Crippen molar-refractivity contribution in [3.63, 3.8) is 0 Å². The van der Waals surface area contributed by atoms with Gasteiger partial charge in [0.1, 0.15) is 5.75 Å². The summed E-state index contributed by atoms with van der Waals surface area (Å²) in [6.45, 7) is 1.43. The Morgan fingerprint density at radius 3 is 2.49 bits per heavy atom. The molecule has 0 N–H and O–H groups in total. The van der Waals surface area contributed by atoms with E-state index in [0.29, 0.717) is 35.2 Å². The standard InChI is InChI=1S/C23H21F3N4O4S/c24-23(25,26)34-19-9-7-17(8-10-19)29-20(16-5-4-6-18(13-16)30(32)33)14-27-22(29)35-15-21(31)28-11-2-1-3-12-28/h4-10,13-14H,1-3,11-12,15H2. The number of hydrogen-bond acceptors (Lipinski definition) is 6. The SMILES string of the molecule is O=C(CSc1ncc(-c2cccc([N+](=O)[O-])c2)n1-c1ccc(OC(F)(F)F)cc1)N1CCCCC1. The first-order valence-corrected chi connectivity index (χ1v) is 11.8. The molecule has 12 heteroatoms. The van der Waals surface area contributed by atoms with Crippen LogP contribution in [0.4, 0.5) is 18.9 Å². The average molecular weight is 507 g/mol. The molecule has 0 atom stereocenters. The van der Waals surface area contributed by atoms with E-state index >= 15 is 0 Å². The van der Waals surface area contributed by atoms with Gasteiger partial charge in [-0.2, -0.15) is 0 Å². The highest BCUT2D eigenvalue weighted by atomic mass is 32.2. The van der Waals surface area contributed by atoms with Gasteiger partial charge >= 0.3 is 6.36 Å². The van der Waals surface area contributed by atoms with Crippen molar-refractivity contribution in [3.05, 3.63) is 64.8 Å². The molecule has 1 aliphatic rings. The number of benzene rings is 2. The van der Waals surface area contributed by atoms with Gasteiger partial charge < -0.3 is 9.64 Å². The highest BCUT2D eigenvalue weighted by Crippen LogP contribution is 2.33. The Kier molecular flexibility index (Phi) is 7.29. The maximum absolute atomic E-state index is 12.7. The number of likely N-dealkylation sites (tertiary alicyclic amines) is 1. The van der Waals surface area contributed by atoms with Gasteiger partial charge in [0.15, 0.2) is 5.16 Å². The number of nitrogens with zero attached hydrogens (tertiary/aromatic N) is 4. The Morgan fingerprint density at radius 1 is 1.11 bits per heavy atom. The predicted molar refractivity (Wildman–Crippen MR) is 123 cm³/mol. The molecule has 0 bridgehead atoms. The summed E-state index contributed by atoms with van der Waals surface area (Å²) in [6.07, 6.45) is -0.266. The number of thioether (sulfide) groups is 1. The first kappa shape index (κ1) is 24.6. The molecule has 1 aliphatic heterocycles. The van der Waals surface area contributed by atoms with Crippen LogP contribution in [0, 0.1) is 10.1 Å². The fourth-order valence-corrected chi connectivity index (χ4v) is 4.72. The Bertz CT molecular complexity index is 1210. The number of amides is 1. The summed E-state index contributed by atoms with van der Waals surface area (Å²) in [5.41, 5.74) is 1.34. The highest BCUT2D eigenvalue weighted by Gasteiger charge is 2.31.